The van der Waals surface area contributed by atoms with Crippen LogP contribution in [0.1, 0.15) is 20.7 Å². The van der Waals surface area contributed by atoms with E-state index in [4.69, 9.17) is 4.74 Å². The first-order valence-electron chi connectivity index (χ1n) is 5.81. The lowest BCUT2D eigenvalue weighted by molar-refractivity contribution is 0.0391. The monoisotopic (exact) mass is 249 g/mol. The van der Waals surface area contributed by atoms with Gasteiger partial charge in [0, 0.05) is 23.2 Å². The van der Waals surface area contributed by atoms with E-state index in [2.05, 4.69) is 4.98 Å². The summed E-state index contributed by atoms with van der Waals surface area (Å²) in [4.78, 5) is 27.7. The number of hydrogen-bond donors (Lipinski definition) is 0. The zero-order valence-corrected chi connectivity index (χ0v) is 9.71. The molecule has 4 rings (SSSR count). The van der Waals surface area contributed by atoms with Gasteiger partial charge in [0.05, 0.1) is 11.1 Å². The molecule has 0 radical (unpaired) electrons. The van der Waals surface area contributed by atoms with Crippen molar-refractivity contribution in [1.29, 1.82) is 0 Å². The van der Waals surface area contributed by atoms with Crippen LogP contribution in [-0.4, -0.2) is 16.9 Å². The van der Waals surface area contributed by atoms with E-state index in [9.17, 15) is 9.59 Å². The van der Waals surface area contributed by atoms with Gasteiger partial charge in [-0.25, -0.2) is 9.59 Å². The van der Waals surface area contributed by atoms with Gasteiger partial charge < -0.3 is 4.74 Å². The molecule has 2 aromatic carbocycles. The van der Waals surface area contributed by atoms with Crippen LogP contribution < -0.4 is 0 Å². The highest BCUT2D eigenvalue weighted by atomic mass is 16.6. The van der Waals surface area contributed by atoms with E-state index in [0.717, 1.165) is 16.2 Å². The van der Waals surface area contributed by atoms with Gasteiger partial charge in [-0.2, -0.15) is 0 Å². The van der Waals surface area contributed by atoms with Crippen LogP contribution in [0.2, 0.25) is 0 Å². The molecule has 0 spiro atoms. The fourth-order valence-electron chi connectivity index (χ4n) is 2.59. The molecule has 4 nitrogen and oxygen atoms in total. The number of carbonyl (C=O) groups is 2. The molecule has 0 atom stereocenters. The average Bonchev–Trinajstić information content (AvgIpc) is 2.44. The van der Waals surface area contributed by atoms with E-state index in [-0.39, 0.29) is 0 Å². The largest absolute Gasteiger partial charge is 0.386 e. The number of cyclic esters (lactones) is 2. The van der Waals surface area contributed by atoms with E-state index in [1.807, 2.05) is 12.1 Å². The van der Waals surface area contributed by atoms with Gasteiger partial charge in [0.15, 0.2) is 0 Å². The number of ether oxygens (including phenoxy) is 1. The molecule has 4 heteroatoms. The summed E-state index contributed by atoms with van der Waals surface area (Å²) < 4.78 is 4.75. The molecule has 0 N–H and O–H groups in total. The van der Waals surface area contributed by atoms with Crippen molar-refractivity contribution in [3.63, 3.8) is 0 Å². The van der Waals surface area contributed by atoms with Gasteiger partial charge in [-0.3, -0.25) is 4.98 Å². The van der Waals surface area contributed by atoms with E-state index in [0.29, 0.717) is 16.5 Å². The molecule has 0 fully saturated rings. The second-order valence-electron chi connectivity index (χ2n) is 4.43. The van der Waals surface area contributed by atoms with Crippen LogP contribution in [0, 0.1) is 0 Å². The Balaban J connectivity index is 2.34. The normalized spacial score (nSPS) is 13.9. The predicted molar refractivity (Wildman–Crippen MR) is 69.0 cm³/mol. The van der Waals surface area contributed by atoms with Gasteiger partial charge in [-0.15, -0.1) is 0 Å². The predicted octanol–water partition coefficient (Wildman–Crippen LogP) is 2.70. The molecule has 1 aromatic heterocycles. The zero-order valence-electron chi connectivity index (χ0n) is 9.71. The molecule has 0 aliphatic carbocycles. The van der Waals surface area contributed by atoms with E-state index in [1.54, 1.807) is 30.6 Å². The van der Waals surface area contributed by atoms with Gasteiger partial charge in [0.1, 0.15) is 0 Å². The summed E-state index contributed by atoms with van der Waals surface area (Å²) in [6.45, 7) is 0. The minimum absolute atomic E-state index is 0.422. The van der Waals surface area contributed by atoms with E-state index in [1.165, 1.54) is 0 Å². The third kappa shape index (κ3) is 1.25. The third-order valence-electron chi connectivity index (χ3n) is 3.40. The van der Waals surface area contributed by atoms with Crippen LogP contribution in [-0.2, 0) is 4.74 Å². The van der Waals surface area contributed by atoms with Gasteiger partial charge in [-0.1, -0.05) is 12.1 Å². The van der Waals surface area contributed by atoms with E-state index < -0.39 is 11.9 Å². The van der Waals surface area contributed by atoms with Crippen LogP contribution in [0.5, 0.6) is 0 Å². The van der Waals surface area contributed by atoms with Crippen molar-refractivity contribution in [2.24, 2.45) is 0 Å². The van der Waals surface area contributed by atoms with Crippen molar-refractivity contribution in [3.8, 4) is 0 Å². The lowest BCUT2D eigenvalue weighted by Crippen LogP contribution is -2.19. The molecule has 0 saturated carbocycles. The summed E-state index contributed by atoms with van der Waals surface area (Å²) >= 11 is 0. The molecule has 0 amide bonds. The summed E-state index contributed by atoms with van der Waals surface area (Å²) in [5.41, 5.74) is 0.858. The minimum atomic E-state index is -0.598. The summed E-state index contributed by atoms with van der Waals surface area (Å²) in [5.74, 6) is -1.18. The Morgan fingerprint density at radius 3 is 2.68 bits per heavy atom. The van der Waals surface area contributed by atoms with Crippen molar-refractivity contribution in [1.82, 2.24) is 4.98 Å². The van der Waals surface area contributed by atoms with E-state index >= 15 is 0 Å². The van der Waals surface area contributed by atoms with Crippen molar-refractivity contribution >= 4 is 33.5 Å². The van der Waals surface area contributed by atoms with Gasteiger partial charge in [0.2, 0.25) is 0 Å². The molecular formula is C15H7NO3. The molecule has 1 aliphatic rings. The van der Waals surface area contributed by atoms with Crippen LogP contribution in [0.25, 0.3) is 21.5 Å². The smallest absolute Gasteiger partial charge is 0.346 e. The number of hydrogen-bond acceptors (Lipinski definition) is 4. The van der Waals surface area contributed by atoms with Crippen LogP contribution in [0.3, 0.4) is 0 Å². The number of carbonyl (C=O) groups excluding carboxylic acids is 2. The molecule has 90 valence electrons. The number of nitrogens with zero attached hydrogens (tertiary/aromatic N) is 1. The maximum atomic E-state index is 11.9. The van der Waals surface area contributed by atoms with Crippen LogP contribution in [0.4, 0.5) is 0 Å². The Hall–Kier alpha value is -2.75. The number of pyridine rings is 1. The zero-order chi connectivity index (χ0) is 13.0. The number of rotatable bonds is 0. The molecule has 0 bridgehead atoms. The summed E-state index contributed by atoms with van der Waals surface area (Å²) in [5, 5.41) is 3.37. The quantitative estimate of drug-likeness (QED) is 0.349. The Kier molecular flexibility index (Phi) is 1.82. The van der Waals surface area contributed by atoms with Crippen molar-refractivity contribution in [3.05, 3.63) is 53.9 Å². The summed E-state index contributed by atoms with van der Waals surface area (Å²) in [7, 11) is 0. The Morgan fingerprint density at radius 2 is 1.79 bits per heavy atom. The summed E-state index contributed by atoms with van der Waals surface area (Å²) in [6, 6.07) is 8.97. The minimum Gasteiger partial charge on any atom is -0.386 e. The fourth-order valence-corrected chi connectivity index (χ4v) is 2.59. The van der Waals surface area contributed by atoms with Gasteiger partial charge in [0.25, 0.3) is 0 Å². The van der Waals surface area contributed by atoms with Crippen molar-refractivity contribution in [2.75, 3.05) is 0 Å². The maximum absolute atomic E-state index is 11.9. The maximum Gasteiger partial charge on any atom is 0.346 e. The van der Waals surface area contributed by atoms with Crippen LogP contribution >= 0.6 is 0 Å². The van der Waals surface area contributed by atoms with Crippen molar-refractivity contribution in [2.45, 2.75) is 0 Å². The van der Waals surface area contributed by atoms with Gasteiger partial charge in [-0.05, 0) is 29.0 Å². The lowest BCUT2D eigenvalue weighted by atomic mass is 9.93. The molecule has 2 heterocycles. The number of fused-ring (bicyclic) bond motifs is 2. The first-order valence-corrected chi connectivity index (χ1v) is 5.81. The number of aromatic nitrogens is 1. The summed E-state index contributed by atoms with van der Waals surface area (Å²) in [6.07, 6.45) is 3.39. The third-order valence-corrected chi connectivity index (χ3v) is 3.40. The molecular weight excluding hydrogens is 242 g/mol. The highest BCUT2D eigenvalue weighted by molar-refractivity contribution is 6.25. The lowest BCUT2D eigenvalue weighted by Gasteiger charge is -2.16. The molecule has 3 aromatic rings. The average molecular weight is 249 g/mol. The second kappa shape index (κ2) is 3.38. The van der Waals surface area contributed by atoms with Crippen molar-refractivity contribution < 1.29 is 14.3 Å². The molecule has 19 heavy (non-hydrogen) atoms. The highest BCUT2D eigenvalue weighted by Crippen LogP contribution is 2.33. The van der Waals surface area contributed by atoms with Gasteiger partial charge >= 0.3 is 11.9 Å². The number of esters is 2. The standard InChI is InChI=1S/C15H7NO3/c17-14-11-3-1-2-10-9-4-5-16-7-8(9)6-12(13(10)11)15(18)19-14/h1-7H. The molecule has 1 aliphatic heterocycles. The second-order valence-corrected chi connectivity index (χ2v) is 4.43. The topological polar surface area (TPSA) is 56.3 Å². The Morgan fingerprint density at radius 1 is 0.947 bits per heavy atom. The molecule has 0 unspecified atom stereocenters. The first kappa shape index (κ1) is 10.2. The Bertz CT molecular complexity index is 883. The SMILES string of the molecule is O=C1OC(=O)c2cc3cnccc3c3cccc1c23. The highest BCUT2D eigenvalue weighted by Gasteiger charge is 2.27. The molecule has 0 saturated heterocycles. The fraction of sp³-hybridized carbons (Fsp3) is 0. The van der Waals surface area contributed by atoms with Crippen LogP contribution in [0.15, 0.2) is 42.7 Å². The number of benzene rings is 2. The first-order chi connectivity index (χ1) is 9.25. The Labute approximate surface area is 107 Å².